The second kappa shape index (κ2) is 9.16. The Hall–Kier alpha value is -2.90. The molecule has 0 unspecified atom stereocenters. The van der Waals surface area contributed by atoms with Crippen LogP contribution in [0.15, 0.2) is 59.0 Å². The summed E-state index contributed by atoms with van der Waals surface area (Å²) in [6.45, 7) is 3.35. The number of nitrogens with zero attached hydrogens (tertiary/aromatic N) is 3. The van der Waals surface area contributed by atoms with Crippen molar-refractivity contribution < 1.29 is 10.2 Å². The molecule has 0 aliphatic rings. The molecule has 3 rings (SSSR count). The number of aliphatic hydroxyl groups is 1. The highest BCUT2D eigenvalue weighted by atomic mass is 32.1. The van der Waals surface area contributed by atoms with E-state index in [9.17, 15) is 5.11 Å². The number of hydrazone groups is 1. The van der Waals surface area contributed by atoms with Crippen LogP contribution in [-0.4, -0.2) is 41.1 Å². The molecule has 7 heteroatoms. The summed E-state index contributed by atoms with van der Waals surface area (Å²) in [5, 5.41) is 26.2. The van der Waals surface area contributed by atoms with E-state index in [1.165, 1.54) is 11.3 Å². The number of aliphatic hydroxyl groups excluding tert-OH is 1. The van der Waals surface area contributed by atoms with E-state index < -0.39 is 0 Å². The minimum absolute atomic E-state index is 0.0700. The summed E-state index contributed by atoms with van der Waals surface area (Å²) in [6, 6.07) is 15.3. The van der Waals surface area contributed by atoms with Gasteiger partial charge in [-0.15, -0.1) is 11.3 Å². The average molecular weight is 382 g/mol. The maximum Gasteiger partial charge on any atom is 0.203 e. The molecule has 0 atom stereocenters. The van der Waals surface area contributed by atoms with Gasteiger partial charge in [-0.2, -0.15) is 5.10 Å². The Morgan fingerprint density at radius 2 is 2.04 bits per heavy atom. The third kappa shape index (κ3) is 4.84. The van der Waals surface area contributed by atoms with Gasteiger partial charge in [-0.3, -0.25) is 5.43 Å². The molecule has 3 aromatic rings. The second-order valence-electron chi connectivity index (χ2n) is 5.82. The van der Waals surface area contributed by atoms with Crippen LogP contribution in [0.5, 0.6) is 5.75 Å². The number of anilines is 2. The van der Waals surface area contributed by atoms with Crippen molar-refractivity contribution in [2.75, 3.05) is 30.0 Å². The maximum atomic E-state index is 10.2. The van der Waals surface area contributed by atoms with Crippen LogP contribution in [0, 0.1) is 0 Å². The van der Waals surface area contributed by atoms with Crippen molar-refractivity contribution in [1.29, 1.82) is 0 Å². The van der Waals surface area contributed by atoms with Crippen LogP contribution in [0.25, 0.3) is 11.3 Å². The van der Waals surface area contributed by atoms with Crippen LogP contribution < -0.4 is 10.3 Å². The Morgan fingerprint density at radius 3 is 2.74 bits per heavy atom. The molecule has 27 heavy (non-hydrogen) atoms. The smallest absolute Gasteiger partial charge is 0.203 e. The fraction of sp³-hybridized carbons (Fsp3) is 0.200. The number of nitrogens with one attached hydrogen (secondary N) is 1. The fourth-order valence-corrected chi connectivity index (χ4v) is 3.32. The lowest BCUT2D eigenvalue weighted by atomic mass is 10.2. The number of thiazole rings is 1. The van der Waals surface area contributed by atoms with E-state index in [1.807, 2.05) is 53.6 Å². The molecule has 2 aromatic carbocycles. The minimum Gasteiger partial charge on any atom is -0.507 e. The van der Waals surface area contributed by atoms with E-state index in [2.05, 4.69) is 15.5 Å². The Labute approximate surface area is 162 Å². The van der Waals surface area contributed by atoms with Crippen molar-refractivity contribution in [2.24, 2.45) is 5.10 Å². The molecule has 6 nitrogen and oxygen atoms in total. The van der Waals surface area contributed by atoms with Crippen molar-refractivity contribution in [1.82, 2.24) is 4.98 Å². The summed E-state index contributed by atoms with van der Waals surface area (Å²) in [5.41, 5.74) is 6.32. The van der Waals surface area contributed by atoms with Crippen molar-refractivity contribution >= 4 is 28.4 Å². The predicted molar refractivity (Wildman–Crippen MR) is 112 cm³/mol. The highest BCUT2D eigenvalue weighted by molar-refractivity contribution is 7.14. The first-order valence-corrected chi connectivity index (χ1v) is 9.58. The first kappa shape index (κ1) is 18.9. The number of aromatic nitrogens is 1. The van der Waals surface area contributed by atoms with Crippen molar-refractivity contribution in [2.45, 2.75) is 6.92 Å². The maximum absolute atomic E-state index is 10.2. The van der Waals surface area contributed by atoms with Crippen LogP contribution in [0.3, 0.4) is 0 Å². The van der Waals surface area contributed by atoms with Crippen LogP contribution >= 0.6 is 11.3 Å². The van der Waals surface area contributed by atoms with Gasteiger partial charge >= 0.3 is 0 Å². The Morgan fingerprint density at radius 1 is 1.22 bits per heavy atom. The SMILES string of the molecule is CCN(CCO)c1ccc(C=NNc2nc(-c3ccccc3)cs2)c(O)c1. The highest BCUT2D eigenvalue weighted by Gasteiger charge is 2.07. The van der Waals surface area contributed by atoms with Gasteiger partial charge in [0, 0.05) is 41.4 Å². The van der Waals surface area contributed by atoms with Crippen LogP contribution in [0.2, 0.25) is 0 Å². The minimum atomic E-state index is 0.0700. The molecule has 0 bridgehead atoms. The van der Waals surface area contributed by atoms with Gasteiger partial charge in [0.15, 0.2) is 0 Å². The van der Waals surface area contributed by atoms with Crippen molar-refractivity contribution in [3.05, 3.63) is 59.5 Å². The topological polar surface area (TPSA) is 81.0 Å². The molecule has 140 valence electrons. The standard InChI is InChI=1S/C20H22N4O2S/c1-2-24(10-11-25)17-9-8-16(19(26)12-17)13-21-23-20-22-18(14-27-20)15-6-4-3-5-7-15/h3-9,12-14,25-26H,2,10-11H2,1H3,(H,22,23). The lowest BCUT2D eigenvalue weighted by molar-refractivity contribution is 0.302. The zero-order chi connectivity index (χ0) is 19.1. The summed E-state index contributed by atoms with van der Waals surface area (Å²) in [4.78, 5) is 6.49. The van der Waals surface area contributed by atoms with Gasteiger partial charge in [0.1, 0.15) is 5.75 Å². The van der Waals surface area contributed by atoms with Crippen LogP contribution in [0.1, 0.15) is 12.5 Å². The summed E-state index contributed by atoms with van der Waals surface area (Å²) in [7, 11) is 0. The third-order valence-corrected chi connectivity index (χ3v) is 4.82. The summed E-state index contributed by atoms with van der Waals surface area (Å²) >= 11 is 1.47. The third-order valence-electron chi connectivity index (χ3n) is 4.07. The van der Waals surface area contributed by atoms with E-state index in [4.69, 9.17) is 5.11 Å². The predicted octanol–water partition coefficient (Wildman–Crippen LogP) is 3.78. The Balaban J connectivity index is 1.65. The summed E-state index contributed by atoms with van der Waals surface area (Å²) < 4.78 is 0. The molecular weight excluding hydrogens is 360 g/mol. The zero-order valence-electron chi connectivity index (χ0n) is 15.0. The zero-order valence-corrected chi connectivity index (χ0v) is 15.9. The van der Waals surface area contributed by atoms with Crippen molar-refractivity contribution in [3.8, 4) is 17.0 Å². The molecule has 0 aliphatic carbocycles. The van der Waals surface area contributed by atoms with Gasteiger partial charge in [0.25, 0.3) is 0 Å². The molecule has 3 N–H and O–H groups in total. The van der Waals surface area contributed by atoms with E-state index in [-0.39, 0.29) is 12.4 Å². The highest BCUT2D eigenvalue weighted by Crippen LogP contribution is 2.25. The van der Waals surface area contributed by atoms with Gasteiger partial charge in [-0.1, -0.05) is 30.3 Å². The molecule has 1 heterocycles. The number of aromatic hydroxyl groups is 1. The van der Waals surface area contributed by atoms with Gasteiger partial charge in [-0.25, -0.2) is 4.98 Å². The molecule has 0 amide bonds. The van der Waals surface area contributed by atoms with E-state index in [0.717, 1.165) is 23.5 Å². The normalized spacial score (nSPS) is 11.0. The number of hydrogen-bond acceptors (Lipinski definition) is 7. The van der Waals surface area contributed by atoms with Crippen LogP contribution in [0.4, 0.5) is 10.8 Å². The summed E-state index contributed by atoms with van der Waals surface area (Å²) in [6.07, 6.45) is 1.56. The molecule has 0 aliphatic heterocycles. The molecule has 1 aromatic heterocycles. The first-order valence-electron chi connectivity index (χ1n) is 8.70. The number of hydrogen-bond donors (Lipinski definition) is 3. The first-order chi connectivity index (χ1) is 13.2. The number of rotatable bonds is 8. The Kier molecular flexibility index (Phi) is 6.40. The molecule has 0 saturated carbocycles. The number of likely N-dealkylation sites (N-methyl/N-ethyl adjacent to an activating group) is 1. The van der Waals surface area contributed by atoms with Crippen LogP contribution in [-0.2, 0) is 0 Å². The lowest BCUT2D eigenvalue weighted by Gasteiger charge is -2.22. The van der Waals surface area contributed by atoms with Gasteiger partial charge in [-0.05, 0) is 19.1 Å². The monoisotopic (exact) mass is 382 g/mol. The number of phenolic OH excluding ortho intramolecular Hbond substituents is 1. The quantitative estimate of drug-likeness (QED) is 0.408. The average Bonchev–Trinajstić information content (AvgIpc) is 3.17. The number of benzene rings is 2. The van der Waals surface area contributed by atoms with Gasteiger partial charge in [0.2, 0.25) is 5.13 Å². The molecule has 0 saturated heterocycles. The second-order valence-corrected chi connectivity index (χ2v) is 6.68. The van der Waals surface area contributed by atoms with Gasteiger partial charge < -0.3 is 15.1 Å². The Bertz CT molecular complexity index is 896. The molecule has 0 radical (unpaired) electrons. The molecule has 0 fully saturated rings. The van der Waals surface area contributed by atoms with E-state index in [1.54, 1.807) is 18.3 Å². The molecule has 0 spiro atoms. The lowest BCUT2D eigenvalue weighted by Crippen LogP contribution is -2.26. The van der Waals surface area contributed by atoms with Crippen molar-refractivity contribution in [3.63, 3.8) is 0 Å². The fourth-order valence-electron chi connectivity index (χ4n) is 2.65. The largest absolute Gasteiger partial charge is 0.507 e. The summed E-state index contributed by atoms with van der Waals surface area (Å²) in [5.74, 6) is 0.138. The number of phenols is 1. The molecular formula is C20H22N4O2S. The van der Waals surface area contributed by atoms with Gasteiger partial charge in [0.05, 0.1) is 18.5 Å². The van der Waals surface area contributed by atoms with E-state index >= 15 is 0 Å². The van der Waals surface area contributed by atoms with E-state index in [0.29, 0.717) is 17.2 Å².